The van der Waals surface area contributed by atoms with Gasteiger partial charge in [-0.1, -0.05) is 36.4 Å². The van der Waals surface area contributed by atoms with Crippen LogP contribution in [0.3, 0.4) is 0 Å². The number of para-hydroxylation sites is 1. The fraction of sp³-hybridized carbons (Fsp3) is 0.125. The Morgan fingerprint density at radius 2 is 1.73 bits per heavy atom. The highest BCUT2D eigenvalue weighted by molar-refractivity contribution is 7.89. The number of nitrogens with one attached hydrogen (secondary N) is 1. The molecule has 1 N–H and O–H groups in total. The van der Waals surface area contributed by atoms with E-state index >= 15 is 0 Å². The molecule has 1 heterocycles. The molecule has 33 heavy (non-hydrogen) atoms. The van der Waals surface area contributed by atoms with Crippen LogP contribution >= 0.6 is 0 Å². The minimum atomic E-state index is -3.14. The molecule has 168 valence electrons. The number of aromatic nitrogens is 3. The molecule has 4 aromatic rings. The second kappa shape index (κ2) is 9.74. The van der Waals surface area contributed by atoms with Crippen molar-refractivity contribution in [2.75, 3.05) is 11.6 Å². The highest BCUT2D eigenvalue weighted by Gasteiger charge is 2.11. The van der Waals surface area contributed by atoms with E-state index in [0.29, 0.717) is 34.3 Å². The van der Waals surface area contributed by atoms with Gasteiger partial charge >= 0.3 is 0 Å². The average molecular weight is 465 g/mol. The second-order valence-electron chi connectivity index (χ2n) is 7.44. The van der Waals surface area contributed by atoms with Gasteiger partial charge in [-0.3, -0.25) is 0 Å². The van der Waals surface area contributed by atoms with Gasteiger partial charge in [-0.2, -0.15) is 4.98 Å². The van der Waals surface area contributed by atoms with E-state index in [0.717, 1.165) is 5.56 Å². The summed E-state index contributed by atoms with van der Waals surface area (Å²) in [4.78, 5) is 12.9. The maximum atomic E-state index is 13.1. The molecule has 3 aromatic carbocycles. The molecule has 0 unspecified atom stereocenters. The van der Waals surface area contributed by atoms with Crippen molar-refractivity contribution in [3.05, 3.63) is 96.1 Å². The Labute approximate surface area is 191 Å². The van der Waals surface area contributed by atoms with E-state index in [2.05, 4.69) is 20.3 Å². The molecular weight excluding hydrogens is 443 g/mol. The summed E-state index contributed by atoms with van der Waals surface area (Å²) in [6.45, 7) is 0.264. The highest BCUT2D eigenvalue weighted by atomic mass is 32.2. The number of ether oxygens (including phenoxy) is 1. The van der Waals surface area contributed by atoms with Gasteiger partial charge in [-0.05, 0) is 47.5 Å². The predicted molar refractivity (Wildman–Crippen MR) is 124 cm³/mol. The van der Waals surface area contributed by atoms with Crippen LogP contribution in [-0.2, 0) is 22.2 Å². The lowest BCUT2D eigenvalue weighted by molar-refractivity contribution is 0.307. The molecule has 0 saturated heterocycles. The number of halogens is 1. The van der Waals surface area contributed by atoms with Crippen molar-refractivity contribution in [3.63, 3.8) is 0 Å². The van der Waals surface area contributed by atoms with Crippen LogP contribution in [0.15, 0.2) is 79.1 Å². The lowest BCUT2D eigenvalue weighted by Gasteiger charge is -2.12. The van der Waals surface area contributed by atoms with Crippen molar-refractivity contribution in [1.29, 1.82) is 0 Å². The lowest BCUT2D eigenvalue weighted by atomic mass is 10.2. The fourth-order valence-electron chi connectivity index (χ4n) is 3.18. The number of sulfone groups is 1. The molecule has 0 aliphatic heterocycles. The first-order valence-corrected chi connectivity index (χ1v) is 12.1. The van der Waals surface area contributed by atoms with E-state index < -0.39 is 9.84 Å². The summed E-state index contributed by atoms with van der Waals surface area (Å²) in [6, 6.07) is 20.5. The SMILES string of the molecule is CS(=O)(=O)Cc1cccc(Nc2ncnc(-c3ccccc3OCc3ccc(F)cc3)n2)c1. The normalized spacial score (nSPS) is 11.2. The summed E-state index contributed by atoms with van der Waals surface area (Å²) in [5, 5.41) is 3.09. The number of hydrogen-bond donors (Lipinski definition) is 1. The zero-order valence-electron chi connectivity index (χ0n) is 17.8. The third-order valence-corrected chi connectivity index (χ3v) is 5.48. The Morgan fingerprint density at radius 3 is 2.52 bits per heavy atom. The fourth-order valence-corrected chi connectivity index (χ4v) is 3.96. The minimum Gasteiger partial charge on any atom is -0.488 e. The highest BCUT2D eigenvalue weighted by Crippen LogP contribution is 2.28. The van der Waals surface area contributed by atoms with Crippen LogP contribution in [0.4, 0.5) is 16.0 Å². The molecular formula is C24H21FN4O3S. The monoisotopic (exact) mass is 464 g/mol. The van der Waals surface area contributed by atoms with Crippen molar-refractivity contribution >= 4 is 21.5 Å². The summed E-state index contributed by atoms with van der Waals surface area (Å²) >= 11 is 0. The van der Waals surface area contributed by atoms with Gasteiger partial charge in [0.2, 0.25) is 5.95 Å². The third kappa shape index (κ3) is 6.33. The molecule has 0 saturated carbocycles. The number of benzene rings is 3. The standard InChI is InChI=1S/C24H21FN4O3S/c1-33(30,31)15-18-5-4-6-20(13-18)28-24-27-16-26-23(29-24)21-7-2-3-8-22(21)32-14-17-9-11-19(25)12-10-17/h2-13,16H,14-15H2,1H3,(H,26,27,28,29). The zero-order valence-corrected chi connectivity index (χ0v) is 18.6. The predicted octanol–water partition coefficient (Wildman–Crippen LogP) is 4.54. The first-order valence-electron chi connectivity index (χ1n) is 10.1. The largest absolute Gasteiger partial charge is 0.488 e. The number of nitrogens with zero attached hydrogens (tertiary/aromatic N) is 3. The van der Waals surface area contributed by atoms with Crippen molar-refractivity contribution in [3.8, 4) is 17.1 Å². The van der Waals surface area contributed by atoms with Gasteiger partial charge < -0.3 is 10.1 Å². The van der Waals surface area contributed by atoms with Gasteiger partial charge in [0.25, 0.3) is 0 Å². The molecule has 0 atom stereocenters. The Morgan fingerprint density at radius 1 is 0.939 bits per heavy atom. The maximum Gasteiger partial charge on any atom is 0.230 e. The zero-order chi connectivity index (χ0) is 23.3. The van der Waals surface area contributed by atoms with Gasteiger partial charge in [0.15, 0.2) is 15.7 Å². The first kappa shape index (κ1) is 22.3. The topological polar surface area (TPSA) is 94.1 Å². The van der Waals surface area contributed by atoms with Crippen LogP contribution in [0.1, 0.15) is 11.1 Å². The van der Waals surface area contributed by atoms with Crippen molar-refractivity contribution in [1.82, 2.24) is 15.0 Å². The van der Waals surface area contributed by atoms with Gasteiger partial charge in [0.1, 0.15) is 24.5 Å². The quantitative estimate of drug-likeness (QED) is 0.409. The molecule has 0 bridgehead atoms. The van der Waals surface area contributed by atoms with Crippen LogP contribution in [-0.4, -0.2) is 29.6 Å². The summed E-state index contributed by atoms with van der Waals surface area (Å²) in [7, 11) is -3.14. The molecule has 0 amide bonds. The Balaban J connectivity index is 1.54. The maximum absolute atomic E-state index is 13.1. The Hall–Kier alpha value is -3.85. The molecule has 0 fully saturated rings. The van der Waals surface area contributed by atoms with Crippen LogP contribution in [0, 0.1) is 5.82 Å². The summed E-state index contributed by atoms with van der Waals surface area (Å²) in [5.41, 5.74) is 2.83. The first-order chi connectivity index (χ1) is 15.9. The van der Waals surface area contributed by atoms with Gasteiger partial charge in [-0.25, -0.2) is 22.8 Å². The molecule has 0 aliphatic carbocycles. The minimum absolute atomic E-state index is 0.0518. The van der Waals surface area contributed by atoms with E-state index in [1.54, 1.807) is 36.4 Å². The van der Waals surface area contributed by atoms with Gasteiger partial charge in [-0.15, -0.1) is 0 Å². The van der Waals surface area contributed by atoms with E-state index in [4.69, 9.17) is 4.74 Å². The van der Waals surface area contributed by atoms with Crippen LogP contribution in [0.2, 0.25) is 0 Å². The van der Waals surface area contributed by atoms with E-state index in [1.165, 1.54) is 24.7 Å². The summed E-state index contributed by atoms with van der Waals surface area (Å²) in [5.74, 6) is 0.948. The van der Waals surface area contributed by atoms with Crippen molar-refractivity contribution < 1.29 is 17.5 Å². The molecule has 7 nitrogen and oxygen atoms in total. The van der Waals surface area contributed by atoms with E-state index in [9.17, 15) is 12.8 Å². The van der Waals surface area contributed by atoms with Crippen LogP contribution < -0.4 is 10.1 Å². The van der Waals surface area contributed by atoms with Crippen molar-refractivity contribution in [2.24, 2.45) is 0 Å². The average Bonchev–Trinajstić information content (AvgIpc) is 2.78. The molecule has 0 aliphatic rings. The molecule has 1 aromatic heterocycles. The molecule has 0 spiro atoms. The van der Waals surface area contributed by atoms with Gasteiger partial charge in [0, 0.05) is 11.9 Å². The number of anilines is 2. The molecule has 0 radical (unpaired) electrons. The Kier molecular flexibility index (Phi) is 6.60. The van der Waals surface area contributed by atoms with Crippen LogP contribution in [0.5, 0.6) is 5.75 Å². The van der Waals surface area contributed by atoms with E-state index in [1.807, 2.05) is 24.3 Å². The van der Waals surface area contributed by atoms with Gasteiger partial charge in [0.05, 0.1) is 11.3 Å². The third-order valence-electron chi connectivity index (χ3n) is 4.62. The number of rotatable bonds is 8. The second-order valence-corrected chi connectivity index (χ2v) is 9.58. The molecule has 4 rings (SSSR count). The van der Waals surface area contributed by atoms with E-state index in [-0.39, 0.29) is 18.2 Å². The smallest absolute Gasteiger partial charge is 0.230 e. The van der Waals surface area contributed by atoms with Crippen molar-refractivity contribution in [2.45, 2.75) is 12.4 Å². The lowest BCUT2D eigenvalue weighted by Crippen LogP contribution is -2.03. The number of hydrogen-bond acceptors (Lipinski definition) is 7. The Bertz CT molecular complexity index is 1360. The molecule has 9 heteroatoms. The van der Waals surface area contributed by atoms with Crippen LogP contribution in [0.25, 0.3) is 11.4 Å². The summed E-state index contributed by atoms with van der Waals surface area (Å²) < 4.78 is 42.2. The summed E-state index contributed by atoms with van der Waals surface area (Å²) in [6.07, 6.45) is 2.59.